The molecule has 0 aliphatic carbocycles. The van der Waals surface area contributed by atoms with Crippen LogP contribution in [0.5, 0.6) is 0 Å². The first-order chi connectivity index (χ1) is 8.60. The topological polar surface area (TPSA) is 41.9 Å². The van der Waals surface area contributed by atoms with E-state index in [0.29, 0.717) is 0 Å². The first-order valence-electron chi connectivity index (χ1n) is 7.25. The Labute approximate surface area is 111 Å². The predicted octanol–water partition coefficient (Wildman–Crippen LogP) is 1.66. The Balaban J connectivity index is 0.000000492. The van der Waals surface area contributed by atoms with Crippen LogP contribution in [-0.4, -0.2) is 60.7 Å². The molecule has 0 aromatic carbocycles. The summed E-state index contributed by atoms with van der Waals surface area (Å²) in [5.41, 5.74) is 0. The average Bonchev–Trinajstić information content (AvgIpc) is 2.34. The first kappa shape index (κ1) is 15.9. The van der Waals surface area contributed by atoms with Gasteiger partial charge in [0.15, 0.2) is 0 Å². The average molecular weight is 259 g/mol. The summed E-state index contributed by atoms with van der Waals surface area (Å²) < 4.78 is 10.9. The summed E-state index contributed by atoms with van der Waals surface area (Å²) in [6.45, 7) is 11.7. The van der Waals surface area contributed by atoms with Gasteiger partial charge in [-0.05, 0) is 20.3 Å². The fourth-order valence-corrected chi connectivity index (χ4v) is 2.50. The van der Waals surface area contributed by atoms with E-state index in [-0.39, 0.29) is 24.4 Å². The third kappa shape index (κ3) is 4.50. The number of ether oxygens (including phenoxy) is 2. The van der Waals surface area contributed by atoms with E-state index in [1.165, 1.54) is 6.42 Å². The van der Waals surface area contributed by atoms with Gasteiger partial charge in [-0.25, -0.2) is 0 Å². The fourth-order valence-electron chi connectivity index (χ4n) is 2.50. The zero-order valence-electron chi connectivity index (χ0n) is 12.3. The minimum atomic E-state index is -0.357. The number of hydrogen-bond donors (Lipinski definition) is 1. The summed E-state index contributed by atoms with van der Waals surface area (Å²) >= 11 is 0. The van der Waals surface area contributed by atoms with Crippen molar-refractivity contribution in [1.29, 1.82) is 0 Å². The van der Waals surface area contributed by atoms with E-state index < -0.39 is 0 Å². The molecule has 2 aliphatic heterocycles. The van der Waals surface area contributed by atoms with Crippen LogP contribution >= 0.6 is 0 Å². The van der Waals surface area contributed by atoms with Crippen LogP contribution in [0.4, 0.5) is 0 Å². The van der Waals surface area contributed by atoms with Crippen molar-refractivity contribution < 1.29 is 14.6 Å². The third-order valence-corrected chi connectivity index (χ3v) is 3.41. The Kier molecular flexibility index (Phi) is 7.15. The molecular weight excluding hydrogens is 230 g/mol. The highest BCUT2D eigenvalue weighted by Gasteiger charge is 2.35. The predicted molar refractivity (Wildman–Crippen MR) is 72.8 cm³/mol. The molecule has 4 unspecified atom stereocenters. The van der Waals surface area contributed by atoms with Crippen molar-refractivity contribution in [3.8, 4) is 0 Å². The van der Waals surface area contributed by atoms with Crippen LogP contribution < -0.4 is 0 Å². The van der Waals surface area contributed by atoms with Crippen molar-refractivity contribution >= 4 is 0 Å². The Morgan fingerprint density at radius 1 is 1.17 bits per heavy atom. The molecule has 0 spiro atoms. The highest BCUT2D eigenvalue weighted by molar-refractivity contribution is 4.88. The first-order valence-corrected chi connectivity index (χ1v) is 7.25. The van der Waals surface area contributed by atoms with Crippen LogP contribution in [0.25, 0.3) is 0 Å². The van der Waals surface area contributed by atoms with Crippen molar-refractivity contribution in [2.24, 2.45) is 0 Å². The normalized spacial score (nSPS) is 37.8. The zero-order chi connectivity index (χ0) is 13.5. The number of aliphatic hydroxyl groups excluding tert-OH is 1. The van der Waals surface area contributed by atoms with Crippen LogP contribution in [0.3, 0.4) is 0 Å². The molecular formula is C14H29NO3. The van der Waals surface area contributed by atoms with Crippen molar-refractivity contribution in [3.63, 3.8) is 0 Å². The number of nitrogens with zero attached hydrogens (tertiary/aromatic N) is 1. The minimum absolute atomic E-state index is 0.0399. The minimum Gasteiger partial charge on any atom is -0.389 e. The maximum absolute atomic E-state index is 10.1. The molecule has 2 aliphatic rings. The van der Waals surface area contributed by atoms with Crippen molar-refractivity contribution in [3.05, 3.63) is 0 Å². The van der Waals surface area contributed by atoms with Crippen LogP contribution in [0.15, 0.2) is 0 Å². The largest absolute Gasteiger partial charge is 0.389 e. The van der Waals surface area contributed by atoms with Gasteiger partial charge in [-0.1, -0.05) is 20.3 Å². The highest BCUT2D eigenvalue weighted by atomic mass is 16.5. The lowest BCUT2D eigenvalue weighted by molar-refractivity contribution is -0.131. The van der Waals surface area contributed by atoms with Gasteiger partial charge in [-0.3, -0.25) is 4.90 Å². The molecule has 2 heterocycles. The molecule has 4 heteroatoms. The lowest BCUT2D eigenvalue weighted by Gasteiger charge is -2.43. The molecule has 108 valence electrons. The van der Waals surface area contributed by atoms with Gasteiger partial charge in [0, 0.05) is 25.7 Å². The Morgan fingerprint density at radius 2 is 1.83 bits per heavy atom. The molecule has 0 radical (unpaired) electrons. The van der Waals surface area contributed by atoms with Crippen LogP contribution in [-0.2, 0) is 9.47 Å². The van der Waals surface area contributed by atoms with Crippen LogP contribution in [0.1, 0.15) is 40.5 Å². The van der Waals surface area contributed by atoms with Gasteiger partial charge in [-0.15, -0.1) is 0 Å². The molecule has 18 heavy (non-hydrogen) atoms. The number of rotatable bonds is 1. The molecule has 0 amide bonds. The second kappa shape index (κ2) is 8.10. The summed E-state index contributed by atoms with van der Waals surface area (Å²) in [6.07, 6.45) is 2.06. The quantitative estimate of drug-likeness (QED) is 0.777. The SMILES string of the molecule is CC1CN(C2CCOC(C)C2O)CCO1.CCC. The highest BCUT2D eigenvalue weighted by Crippen LogP contribution is 2.21. The van der Waals surface area contributed by atoms with E-state index >= 15 is 0 Å². The van der Waals surface area contributed by atoms with E-state index in [1.54, 1.807) is 0 Å². The summed E-state index contributed by atoms with van der Waals surface area (Å²) in [5, 5.41) is 10.1. The maximum atomic E-state index is 10.1. The van der Waals surface area contributed by atoms with E-state index in [4.69, 9.17) is 9.47 Å². The lowest BCUT2D eigenvalue weighted by Crippen LogP contribution is -2.56. The molecule has 1 N–H and O–H groups in total. The van der Waals surface area contributed by atoms with Gasteiger partial charge in [-0.2, -0.15) is 0 Å². The maximum Gasteiger partial charge on any atom is 0.0954 e. The van der Waals surface area contributed by atoms with Crippen LogP contribution in [0.2, 0.25) is 0 Å². The molecule has 2 rings (SSSR count). The van der Waals surface area contributed by atoms with Crippen molar-refractivity contribution in [2.45, 2.75) is 64.9 Å². The van der Waals surface area contributed by atoms with Gasteiger partial charge in [0.2, 0.25) is 0 Å². The second-order valence-electron chi connectivity index (χ2n) is 5.31. The molecule has 0 aromatic heterocycles. The van der Waals surface area contributed by atoms with E-state index in [9.17, 15) is 5.11 Å². The van der Waals surface area contributed by atoms with Crippen molar-refractivity contribution in [1.82, 2.24) is 4.90 Å². The van der Waals surface area contributed by atoms with Gasteiger partial charge in [0.05, 0.1) is 24.9 Å². The molecule has 4 atom stereocenters. The smallest absolute Gasteiger partial charge is 0.0954 e. The van der Waals surface area contributed by atoms with E-state index in [1.807, 2.05) is 6.92 Å². The Bertz CT molecular complexity index is 225. The van der Waals surface area contributed by atoms with Gasteiger partial charge in [0.25, 0.3) is 0 Å². The van der Waals surface area contributed by atoms with Crippen molar-refractivity contribution in [2.75, 3.05) is 26.3 Å². The molecule has 4 nitrogen and oxygen atoms in total. The summed E-state index contributed by atoms with van der Waals surface area (Å²) in [5.74, 6) is 0. The Hall–Kier alpha value is -0.160. The molecule has 0 aromatic rings. The number of hydrogen-bond acceptors (Lipinski definition) is 4. The zero-order valence-corrected chi connectivity index (χ0v) is 12.3. The summed E-state index contributed by atoms with van der Waals surface area (Å²) in [6, 6.07) is 0.250. The van der Waals surface area contributed by atoms with Gasteiger partial charge < -0.3 is 14.6 Å². The van der Waals surface area contributed by atoms with E-state index in [0.717, 1.165) is 32.7 Å². The monoisotopic (exact) mass is 259 g/mol. The number of morpholine rings is 1. The lowest BCUT2D eigenvalue weighted by atomic mass is 9.98. The second-order valence-corrected chi connectivity index (χ2v) is 5.31. The third-order valence-electron chi connectivity index (χ3n) is 3.41. The number of aliphatic hydroxyl groups is 1. The van der Waals surface area contributed by atoms with Gasteiger partial charge >= 0.3 is 0 Å². The standard InChI is InChI=1S/C11H21NO3.C3H8/c1-8-7-12(4-6-14-8)10-3-5-15-9(2)11(10)13;1-3-2/h8-11,13H,3-7H2,1-2H3;3H2,1-2H3. The molecule has 2 fully saturated rings. The summed E-state index contributed by atoms with van der Waals surface area (Å²) in [7, 11) is 0. The molecule has 2 saturated heterocycles. The molecule has 0 bridgehead atoms. The molecule has 0 saturated carbocycles. The summed E-state index contributed by atoms with van der Waals surface area (Å²) in [4.78, 5) is 2.35. The van der Waals surface area contributed by atoms with E-state index in [2.05, 4.69) is 25.7 Å². The van der Waals surface area contributed by atoms with Crippen LogP contribution in [0, 0.1) is 0 Å². The van der Waals surface area contributed by atoms with Gasteiger partial charge in [0.1, 0.15) is 0 Å². The fraction of sp³-hybridized carbons (Fsp3) is 1.00. The Morgan fingerprint density at radius 3 is 2.44 bits per heavy atom.